The second-order valence-corrected chi connectivity index (χ2v) is 28.2. The van der Waals surface area contributed by atoms with Crippen molar-refractivity contribution in [2.75, 3.05) is 27.2 Å². The van der Waals surface area contributed by atoms with E-state index in [1.807, 2.05) is 0 Å². The van der Waals surface area contributed by atoms with Crippen molar-refractivity contribution in [3.63, 3.8) is 0 Å². The van der Waals surface area contributed by atoms with Crippen LogP contribution in [0.5, 0.6) is 0 Å². The number of quaternary nitrogens is 1. The van der Waals surface area contributed by atoms with Crippen LogP contribution in [0.1, 0.15) is 219 Å². The van der Waals surface area contributed by atoms with Crippen LogP contribution in [0.25, 0.3) is 0 Å². The standard InChI is InChI=1S/C38H80N.3ClH.Zn/c1-5-7-9-11-13-15-17-19-21-23-25-27-29-31-33-35-37-39(3,4)38-36-34-32-30-28-26-24-22-20-18-16-14-12-10-8-6-2;;;;/h5-38H2,1-4H3;3*1H;/q+1;;;;+2/p-3. The molecule has 0 aliphatic heterocycles. The summed E-state index contributed by atoms with van der Waals surface area (Å²) in [5.74, 6) is 0. The number of hydrogen-bond donors (Lipinski definition) is 0. The van der Waals surface area contributed by atoms with E-state index < -0.39 is 13.0 Å². The van der Waals surface area contributed by atoms with Crippen LogP contribution in [0.2, 0.25) is 0 Å². The Balaban J connectivity index is 0. The van der Waals surface area contributed by atoms with Gasteiger partial charge in [-0.3, -0.25) is 0 Å². The number of unbranched alkanes of at least 4 members (excludes halogenated alkanes) is 30. The van der Waals surface area contributed by atoms with E-state index in [1.54, 1.807) is 0 Å². The molecule has 260 valence electrons. The van der Waals surface area contributed by atoms with Crippen LogP contribution in [0.3, 0.4) is 0 Å². The van der Waals surface area contributed by atoms with E-state index >= 15 is 0 Å². The zero-order valence-electron chi connectivity index (χ0n) is 30.3. The molecule has 0 atom stereocenters. The molecule has 43 heavy (non-hydrogen) atoms. The van der Waals surface area contributed by atoms with Crippen LogP contribution in [0, 0.1) is 0 Å². The first kappa shape index (κ1) is 46.6. The molecule has 0 bridgehead atoms. The van der Waals surface area contributed by atoms with Crippen molar-refractivity contribution in [1.82, 2.24) is 0 Å². The molecule has 0 unspecified atom stereocenters. The molecule has 0 aromatic carbocycles. The molecule has 0 saturated heterocycles. The third-order valence-corrected chi connectivity index (χ3v) is 9.23. The van der Waals surface area contributed by atoms with E-state index in [-0.39, 0.29) is 0 Å². The molecular formula is C38H80Cl3NZn. The van der Waals surface area contributed by atoms with Gasteiger partial charge in [0, 0.05) is 0 Å². The molecule has 0 N–H and O–H groups in total. The minimum absolute atomic E-state index is 1.25. The summed E-state index contributed by atoms with van der Waals surface area (Å²) in [6.45, 7) is 7.39. The molecule has 1 nitrogen and oxygen atoms in total. The predicted octanol–water partition coefficient (Wildman–Crippen LogP) is 15.7. The van der Waals surface area contributed by atoms with Gasteiger partial charge in [-0.25, -0.2) is 0 Å². The third-order valence-electron chi connectivity index (χ3n) is 9.23. The van der Waals surface area contributed by atoms with Crippen molar-refractivity contribution in [1.29, 1.82) is 0 Å². The summed E-state index contributed by atoms with van der Waals surface area (Å²) >= 11 is -2.21. The molecule has 5 heteroatoms. The Bertz CT molecular complexity index is 449. The van der Waals surface area contributed by atoms with Gasteiger partial charge in [0.05, 0.1) is 27.2 Å². The van der Waals surface area contributed by atoms with Gasteiger partial charge < -0.3 is 4.48 Å². The number of nitrogens with zero attached hydrogens (tertiary/aromatic N) is 1. The number of hydrogen-bond acceptors (Lipinski definition) is 0. The van der Waals surface area contributed by atoms with Crippen molar-refractivity contribution in [3.8, 4) is 0 Å². The average Bonchev–Trinajstić information content (AvgIpc) is 2.96. The van der Waals surface area contributed by atoms with Gasteiger partial charge in [-0.15, -0.1) is 0 Å². The SMILES string of the molecule is CCCCCCCCCCCCCCCCCC[N+](C)(C)CCCCCCCCCCCCCCCCCC.[Cl][Zn-]([Cl])[Cl]. The van der Waals surface area contributed by atoms with E-state index in [4.69, 9.17) is 29.1 Å². The quantitative estimate of drug-likeness (QED) is 0.0352. The summed E-state index contributed by atoms with van der Waals surface area (Å²) in [6.07, 6.45) is 46.9. The Morgan fingerprint density at radius 2 is 0.442 bits per heavy atom. The number of rotatable bonds is 34. The van der Waals surface area contributed by atoms with Crippen LogP contribution in [-0.4, -0.2) is 31.7 Å². The Morgan fingerprint density at radius 3 is 0.605 bits per heavy atom. The van der Waals surface area contributed by atoms with Gasteiger partial charge in [-0.2, -0.15) is 0 Å². The van der Waals surface area contributed by atoms with E-state index in [1.165, 1.54) is 223 Å². The minimum atomic E-state index is -2.21. The first-order valence-electron chi connectivity index (χ1n) is 19.7. The van der Waals surface area contributed by atoms with Crippen LogP contribution in [0.15, 0.2) is 0 Å². The maximum absolute atomic E-state index is 5.01. The molecule has 0 fully saturated rings. The summed E-state index contributed by atoms with van der Waals surface area (Å²) in [4.78, 5) is 0. The molecule has 0 rings (SSSR count). The van der Waals surface area contributed by atoms with Gasteiger partial charge in [-0.05, 0) is 25.7 Å². The Hall–Kier alpha value is 1.45. The van der Waals surface area contributed by atoms with Crippen molar-refractivity contribution in [2.45, 2.75) is 219 Å². The van der Waals surface area contributed by atoms with E-state index in [0.717, 1.165) is 0 Å². The monoisotopic (exact) mass is 719 g/mol. The van der Waals surface area contributed by atoms with Crippen LogP contribution in [0.4, 0.5) is 0 Å². The van der Waals surface area contributed by atoms with Crippen LogP contribution >= 0.6 is 29.1 Å². The Kier molecular flexibility index (Phi) is 42.9. The number of halogens is 3. The van der Waals surface area contributed by atoms with E-state index in [9.17, 15) is 0 Å². The van der Waals surface area contributed by atoms with Gasteiger partial charge in [0.25, 0.3) is 0 Å². The fourth-order valence-electron chi connectivity index (χ4n) is 6.29. The Labute approximate surface area is 291 Å². The van der Waals surface area contributed by atoms with Gasteiger partial charge >= 0.3 is 42.1 Å². The summed E-state index contributed by atoms with van der Waals surface area (Å²) in [5, 5.41) is 0. The molecule has 0 aromatic rings. The molecule has 0 aromatic heterocycles. The predicted molar refractivity (Wildman–Crippen MR) is 198 cm³/mol. The van der Waals surface area contributed by atoms with E-state index in [2.05, 4.69) is 27.9 Å². The molecule has 0 spiro atoms. The van der Waals surface area contributed by atoms with Gasteiger partial charge in [0.15, 0.2) is 0 Å². The summed E-state index contributed by atoms with van der Waals surface area (Å²) in [6, 6.07) is 0. The normalized spacial score (nSPS) is 11.5. The van der Waals surface area contributed by atoms with Gasteiger partial charge in [0.2, 0.25) is 0 Å². The van der Waals surface area contributed by atoms with Gasteiger partial charge in [-0.1, -0.05) is 194 Å². The first-order chi connectivity index (χ1) is 20.9. The summed E-state index contributed by atoms with van der Waals surface area (Å²) in [5.41, 5.74) is 0. The molecule has 0 aliphatic rings. The first-order valence-corrected chi connectivity index (χ1v) is 31.4. The average molecular weight is 723 g/mol. The van der Waals surface area contributed by atoms with Crippen molar-refractivity contribution < 1.29 is 17.5 Å². The van der Waals surface area contributed by atoms with E-state index in [0.29, 0.717) is 0 Å². The van der Waals surface area contributed by atoms with Crippen molar-refractivity contribution in [2.24, 2.45) is 0 Å². The molecule has 0 aliphatic carbocycles. The molecule has 0 amide bonds. The second-order valence-electron chi connectivity index (χ2n) is 14.3. The van der Waals surface area contributed by atoms with Crippen LogP contribution in [-0.2, 0) is 13.0 Å². The Morgan fingerprint density at radius 1 is 0.302 bits per heavy atom. The van der Waals surface area contributed by atoms with Crippen LogP contribution < -0.4 is 0 Å². The molecule has 0 saturated carbocycles. The fraction of sp³-hybridized carbons (Fsp3) is 1.00. The zero-order valence-corrected chi connectivity index (χ0v) is 35.6. The van der Waals surface area contributed by atoms with Gasteiger partial charge in [0.1, 0.15) is 0 Å². The molecule has 0 radical (unpaired) electrons. The zero-order chi connectivity index (χ0) is 32.1. The summed E-state index contributed by atoms with van der Waals surface area (Å²) in [7, 11) is 20.0. The van der Waals surface area contributed by atoms with Crippen molar-refractivity contribution in [3.05, 3.63) is 0 Å². The van der Waals surface area contributed by atoms with Crippen molar-refractivity contribution >= 4 is 29.1 Å². The second kappa shape index (κ2) is 39.6. The molecular weight excluding hydrogens is 642 g/mol. The topological polar surface area (TPSA) is 0 Å². The molecule has 0 heterocycles. The maximum atomic E-state index is 5.01. The third kappa shape index (κ3) is 48.0. The fourth-order valence-corrected chi connectivity index (χ4v) is 6.29. The summed E-state index contributed by atoms with van der Waals surface area (Å²) < 4.78 is 1.25.